The highest BCUT2D eigenvalue weighted by molar-refractivity contribution is 5.87. The molecule has 1 aliphatic rings. The molecular weight excluding hydrogens is 256 g/mol. The topological polar surface area (TPSA) is 73.7 Å². The Labute approximate surface area is 111 Å². The Balaban J connectivity index is 0.00000162. The smallest absolute Gasteiger partial charge is 0.332 e. The molecule has 0 bridgehead atoms. The summed E-state index contributed by atoms with van der Waals surface area (Å²) < 4.78 is 0. The molecule has 1 aromatic rings. The molecule has 0 spiro atoms. The van der Waals surface area contributed by atoms with Gasteiger partial charge in [-0.1, -0.05) is 6.07 Å². The van der Waals surface area contributed by atoms with Crippen LogP contribution in [0.4, 0.5) is 0 Å². The summed E-state index contributed by atoms with van der Waals surface area (Å²) >= 11 is 0. The van der Waals surface area contributed by atoms with E-state index in [0.717, 1.165) is 5.69 Å². The van der Waals surface area contributed by atoms with E-state index in [9.17, 15) is 9.90 Å². The normalized spacial score (nSPS) is 19.8. The van der Waals surface area contributed by atoms with Crippen molar-refractivity contribution in [3.63, 3.8) is 0 Å². The molecule has 0 aliphatic carbocycles. The van der Waals surface area contributed by atoms with Gasteiger partial charge in [-0.3, -0.25) is 9.88 Å². The standard InChI is InChI=1S/C12H14N2O3.ClH/c15-11-5-9(12(16)17)6-14(8-11)7-10-3-1-2-4-13-10;/h1-5,11,15H,6-8H2,(H,16,17);1H. The zero-order chi connectivity index (χ0) is 12.3. The zero-order valence-corrected chi connectivity index (χ0v) is 10.5. The lowest BCUT2D eigenvalue weighted by Gasteiger charge is -2.28. The first-order valence-electron chi connectivity index (χ1n) is 5.39. The van der Waals surface area contributed by atoms with Crippen molar-refractivity contribution in [3.8, 4) is 0 Å². The Morgan fingerprint density at radius 1 is 1.50 bits per heavy atom. The number of halogens is 1. The maximum absolute atomic E-state index is 10.9. The Kier molecular flexibility index (Phi) is 5.27. The van der Waals surface area contributed by atoms with Crippen LogP contribution in [0, 0.1) is 0 Å². The van der Waals surface area contributed by atoms with Crippen molar-refractivity contribution in [2.75, 3.05) is 13.1 Å². The van der Waals surface area contributed by atoms with Gasteiger partial charge in [-0.25, -0.2) is 4.79 Å². The van der Waals surface area contributed by atoms with Gasteiger partial charge in [0.25, 0.3) is 0 Å². The summed E-state index contributed by atoms with van der Waals surface area (Å²) in [6.07, 6.45) is 2.37. The molecule has 2 heterocycles. The molecule has 1 unspecified atom stereocenters. The molecule has 0 aromatic carbocycles. The van der Waals surface area contributed by atoms with E-state index in [1.54, 1.807) is 6.20 Å². The quantitative estimate of drug-likeness (QED) is 0.845. The molecule has 2 N–H and O–H groups in total. The fourth-order valence-electron chi connectivity index (χ4n) is 1.89. The number of carboxylic acids is 1. The second-order valence-corrected chi connectivity index (χ2v) is 4.06. The van der Waals surface area contributed by atoms with Crippen LogP contribution in [0.2, 0.25) is 0 Å². The highest BCUT2D eigenvalue weighted by atomic mass is 35.5. The Hall–Kier alpha value is -1.43. The Morgan fingerprint density at radius 2 is 2.28 bits per heavy atom. The third-order valence-electron chi connectivity index (χ3n) is 2.62. The number of aliphatic carboxylic acids is 1. The third-order valence-corrected chi connectivity index (χ3v) is 2.62. The lowest BCUT2D eigenvalue weighted by Crippen LogP contribution is -2.38. The first kappa shape index (κ1) is 14.6. The summed E-state index contributed by atoms with van der Waals surface area (Å²) in [7, 11) is 0. The van der Waals surface area contributed by atoms with Crippen LogP contribution < -0.4 is 0 Å². The molecule has 0 amide bonds. The minimum absolute atomic E-state index is 0. The van der Waals surface area contributed by atoms with E-state index in [1.165, 1.54) is 6.08 Å². The van der Waals surface area contributed by atoms with Crippen molar-refractivity contribution in [3.05, 3.63) is 41.7 Å². The SMILES string of the molecule is Cl.O=C(O)C1=CC(O)CN(Cc2ccccn2)C1. The van der Waals surface area contributed by atoms with E-state index in [2.05, 4.69) is 4.98 Å². The number of β-amino-alcohol motifs (C(OH)–C–C–N with tert-alkyl or cyclic N) is 1. The monoisotopic (exact) mass is 270 g/mol. The summed E-state index contributed by atoms with van der Waals surface area (Å²) in [6, 6.07) is 5.60. The van der Waals surface area contributed by atoms with Crippen molar-refractivity contribution >= 4 is 18.4 Å². The van der Waals surface area contributed by atoms with Crippen LogP contribution in [0.5, 0.6) is 0 Å². The maximum atomic E-state index is 10.9. The molecule has 1 aromatic heterocycles. The summed E-state index contributed by atoms with van der Waals surface area (Å²) in [4.78, 5) is 16.9. The minimum Gasteiger partial charge on any atom is -0.478 e. The molecule has 6 heteroatoms. The van der Waals surface area contributed by atoms with Crippen LogP contribution in [0.25, 0.3) is 0 Å². The van der Waals surface area contributed by atoms with Gasteiger partial charge < -0.3 is 10.2 Å². The number of nitrogens with zero attached hydrogens (tertiary/aromatic N) is 2. The highest BCUT2D eigenvalue weighted by Crippen LogP contribution is 2.13. The van der Waals surface area contributed by atoms with E-state index in [4.69, 9.17) is 5.11 Å². The molecule has 0 saturated heterocycles. The Bertz CT molecular complexity index is 436. The number of pyridine rings is 1. The molecule has 5 nitrogen and oxygen atoms in total. The van der Waals surface area contributed by atoms with Gasteiger partial charge in [0.05, 0.1) is 11.8 Å². The lowest BCUT2D eigenvalue weighted by molar-refractivity contribution is -0.133. The number of hydrogen-bond donors (Lipinski definition) is 2. The minimum atomic E-state index is -0.977. The van der Waals surface area contributed by atoms with Crippen LogP contribution in [0.15, 0.2) is 36.0 Å². The molecule has 2 rings (SSSR count). The molecule has 1 aliphatic heterocycles. The van der Waals surface area contributed by atoms with Gasteiger partial charge in [0.15, 0.2) is 0 Å². The van der Waals surface area contributed by atoms with Crippen molar-refractivity contribution in [2.45, 2.75) is 12.6 Å². The van der Waals surface area contributed by atoms with Gasteiger partial charge in [-0.2, -0.15) is 0 Å². The van der Waals surface area contributed by atoms with E-state index in [1.807, 2.05) is 23.1 Å². The van der Waals surface area contributed by atoms with Gasteiger partial charge in [0.1, 0.15) is 0 Å². The van der Waals surface area contributed by atoms with Crippen LogP contribution in [0.3, 0.4) is 0 Å². The number of carboxylic acid groups (broad SMARTS) is 1. The number of hydrogen-bond acceptors (Lipinski definition) is 4. The van der Waals surface area contributed by atoms with E-state index in [-0.39, 0.29) is 18.0 Å². The molecule has 0 fully saturated rings. The first-order valence-corrected chi connectivity index (χ1v) is 5.39. The van der Waals surface area contributed by atoms with Crippen LogP contribution in [0.1, 0.15) is 5.69 Å². The molecule has 1 atom stereocenters. The number of carbonyl (C=O) groups is 1. The maximum Gasteiger partial charge on any atom is 0.332 e. The number of aliphatic hydroxyl groups excluding tert-OH is 1. The van der Waals surface area contributed by atoms with Gasteiger partial charge in [-0.15, -0.1) is 12.4 Å². The summed E-state index contributed by atoms with van der Waals surface area (Å²) in [6.45, 7) is 1.32. The van der Waals surface area contributed by atoms with Gasteiger partial charge in [0, 0.05) is 31.4 Å². The third kappa shape index (κ3) is 3.80. The molecule has 18 heavy (non-hydrogen) atoms. The van der Waals surface area contributed by atoms with Gasteiger partial charge >= 0.3 is 5.97 Å². The first-order chi connectivity index (χ1) is 8.15. The molecule has 0 saturated carbocycles. The average Bonchev–Trinajstić information content (AvgIpc) is 2.29. The van der Waals surface area contributed by atoms with Gasteiger partial charge in [0.2, 0.25) is 0 Å². The van der Waals surface area contributed by atoms with Crippen molar-refractivity contribution < 1.29 is 15.0 Å². The molecule has 98 valence electrons. The fourth-order valence-corrected chi connectivity index (χ4v) is 1.89. The zero-order valence-electron chi connectivity index (χ0n) is 9.69. The molecule has 0 radical (unpaired) electrons. The second kappa shape index (κ2) is 6.49. The second-order valence-electron chi connectivity index (χ2n) is 4.06. The average molecular weight is 271 g/mol. The van der Waals surface area contributed by atoms with E-state index < -0.39 is 12.1 Å². The van der Waals surface area contributed by atoms with E-state index in [0.29, 0.717) is 19.6 Å². The largest absolute Gasteiger partial charge is 0.478 e. The lowest BCUT2D eigenvalue weighted by atomic mass is 10.1. The number of aliphatic hydroxyl groups is 1. The van der Waals surface area contributed by atoms with Crippen molar-refractivity contribution in [1.29, 1.82) is 0 Å². The van der Waals surface area contributed by atoms with Gasteiger partial charge in [-0.05, 0) is 18.2 Å². The summed E-state index contributed by atoms with van der Waals surface area (Å²) in [5.74, 6) is -0.977. The van der Waals surface area contributed by atoms with Crippen molar-refractivity contribution in [1.82, 2.24) is 9.88 Å². The predicted molar refractivity (Wildman–Crippen MR) is 68.5 cm³/mol. The van der Waals surface area contributed by atoms with Crippen molar-refractivity contribution in [2.24, 2.45) is 0 Å². The summed E-state index contributed by atoms with van der Waals surface area (Å²) in [5.41, 5.74) is 1.10. The number of rotatable bonds is 3. The highest BCUT2D eigenvalue weighted by Gasteiger charge is 2.22. The van der Waals surface area contributed by atoms with E-state index >= 15 is 0 Å². The summed E-state index contributed by atoms with van der Waals surface area (Å²) in [5, 5.41) is 18.5. The number of aromatic nitrogens is 1. The van der Waals surface area contributed by atoms with Crippen LogP contribution in [-0.2, 0) is 11.3 Å². The fraction of sp³-hybridized carbons (Fsp3) is 0.333. The van der Waals surface area contributed by atoms with Crippen LogP contribution in [-0.4, -0.2) is 45.3 Å². The Morgan fingerprint density at radius 3 is 2.89 bits per heavy atom. The van der Waals surface area contributed by atoms with Crippen LogP contribution >= 0.6 is 12.4 Å². The predicted octanol–water partition coefficient (Wildman–Crippen LogP) is 0.691. The molecular formula is C12H15ClN2O3.